The third-order valence-corrected chi connectivity index (χ3v) is 3.28. The van der Waals surface area contributed by atoms with Crippen LogP contribution in [0.5, 0.6) is 0 Å². The molecule has 0 bridgehead atoms. The molecule has 0 saturated carbocycles. The van der Waals surface area contributed by atoms with Gasteiger partial charge in [-0.15, -0.1) is 0 Å². The van der Waals surface area contributed by atoms with Gasteiger partial charge in [0.1, 0.15) is 0 Å². The Morgan fingerprint density at radius 3 is 2.25 bits per heavy atom. The van der Waals surface area contributed by atoms with Crippen molar-refractivity contribution in [2.75, 3.05) is 5.32 Å². The maximum Gasteiger partial charge on any atom is 0.263 e. The first kappa shape index (κ1) is 14.5. The molecular formula is C17H19F2N. The van der Waals surface area contributed by atoms with E-state index in [1.54, 1.807) is 12.1 Å². The van der Waals surface area contributed by atoms with Crippen LogP contribution in [0.25, 0.3) is 0 Å². The van der Waals surface area contributed by atoms with Gasteiger partial charge in [-0.2, -0.15) is 0 Å². The van der Waals surface area contributed by atoms with Crippen LogP contribution in [0.4, 0.5) is 14.5 Å². The Balaban J connectivity index is 1.99. The highest BCUT2D eigenvalue weighted by Gasteiger charge is 2.05. The van der Waals surface area contributed by atoms with Crippen molar-refractivity contribution in [1.82, 2.24) is 0 Å². The summed E-state index contributed by atoms with van der Waals surface area (Å²) >= 11 is 0. The van der Waals surface area contributed by atoms with Crippen LogP contribution in [0.1, 0.15) is 42.9 Å². The Labute approximate surface area is 118 Å². The minimum atomic E-state index is -2.40. The zero-order valence-electron chi connectivity index (χ0n) is 11.7. The van der Waals surface area contributed by atoms with E-state index >= 15 is 0 Å². The van der Waals surface area contributed by atoms with E-state index in [1.165, 1.54) is 17.7 Å². The zero-order valence-corrected chi connectivity index (χ0v) is 11.7. The Morgan fingerprint density at radius 2 is 1.65 bits per heavy atom. The van der Waals surface area contributed by atoms with Crippen molar-refractivity contribution in [1.29, 1.82) is 0 Å². The molecule has 3 heteroatoms. The maximum atomic E-state index is 12.5. The van der Waals surface area contributed by atoms with E-state index in [2.05, 4.69) is 31.3 Å². The summed E-state index contributed by atoms with van der Waals surface area (Å²) in [5.41, 5.74) is 3.39. The Morgan fingerprint density at radius 1 is 0.950 bits per heavy atom. The fourth-order valence-corrected chi connectivity index (χ4v) is 1.99. The topological polar surface area (TPSA) is 12.0 Å². The summed E-state index contributed by atoms with van der Waals surface area (Å²) in [6, 6.07) is 14.7. The van der Waals surface area contributed by atoms with Gasteiger partial charge in [-0.25, -0.2) is 8.78 Å². The van der Waals surface area contributed by atoms with Gasteiger partial charge in [0, 0.05) is 17.8 Å². The molecule has 0 spiro atoms. The maximum absolute atomic E-state index is 12.5. The van der Waals surface area contributed by atoms with Gasteiger partial charge in [0.15, 0.2) is 0 Å². The molecule has 20 heavy (non-hydrogen) atoms. The van der Waals surface area contributed by atoms with E-state index in [4.69, 9.17) is 0 Å². The molecule has 0 aliphatic carbocycles. The summed E-state index contributed by atoms with van der Waals surface area (Å²) in [6.07, 6.45) is -2.40. The summed E-state index contributed by atoms with van der Waals surface area (Å²) < 4.78 is 24.9. The predicted octanol–water partition coefficient (Wildman–Crippen LogP) is 5.36. The number of benzene rings is 2. The van der Waals surface area contributed by atoms with Crippen molar-refractivity contribution in [2.24, 2.45) is 0 Å². The second-order valence-corrected chi connectivity index (χ2v) is 5.18. The van der Waals surface area contributed by atoms with E-state index in [-0.39, 0.29) is 5.56 Å². The number of halogens is 2. The number of hydrogen-bond donors (Lipinski definition) is 1. The molecule has 0 fully saturated rings. The normalized spacial score (nSPS) is 11.1. The van der Waals surface area contributed by atoms with Gasteiger partial charge in [-0.05, 0) is 29.2 Å². The summed E-state index contributed by atoms with van der Waals surface area (Å²) in [4.78, 5) is 0. The molecule has 0 aromatic heterocycles. The monoisotopic (exact) mass is 275 g/mol. The van der Waals surface area contributed by atoms with Gasteiger partial charge in [0.05, 0.1) is 0 Å². The first-order chi connectivity index (χ1) is 9.56. The largest absolute Gasteiger partial charge is 0.381 e. The second kappa shape index (κ2) is 6.51. The van der Waals surface area contributed by atoms with E-state index in [0.29, 0.717) is 12.5 Å². The molecule has 1 N–H and O–H groups in total. The van der Waals surface area contributed by atoms with E-state index in [9.17, 15) is 8.78 Å². The smallest absolute Gasteiger partial charge is 0.263 e. The molecule has 0 radical (unpaired) electrons. The van der Waals surface area contributed by atoms with Crippen molar-refractivity contribution >= 4 is 5.69 Å². The van der Waals surface area contributed by atoms with Gasteiger partial charge in [-0.3, -0.25) is 0 Å². The zero-order chi connectivity index (χ0) is 14.5. The van der Waals surface area contributed by atoms with Gasteiger partial charge >= 0.3 is 0 Å². The van der Waals surface area contributed by atoms with E-state index in [0.717, 1.165) is 11.3 Å². The van der Waals surface area contributed by atoms with Crippen molar-refractivity contribution in [3.05, 3.63) is 65.2 Å². The number of anilines is 1. The molecule has 2 rings (SSSR count). The lowest BCUT2D eigenvalue weighted by Gasteiger charge is -2.11. The molecule has 0 saturated heterocycles. The van der Waals surface area contributed by atoms with E-state index < -0.39 is 6.43 Å². The molecule has 0 aliphatic heterocycles. The van der Waals surface area contributed by atoms with Crippen molar-refractivity contribution < 1.29 is 8.78 Å². The Hall–Kier alpha value is -1.90. The molecule has 106 valence electrons. The van der Waals surface area contributed by atoms with Crippen LogP contribution in [0, 0.1) is 0 Å². The van der Waals surface area contributed by atoms with Crippen LogP contribution >= 0.6 is 0 Å². The number of rotatable bonds is 5. The third-order valence-electron chi connectivity index (χ3n) is 3.28. The van der Waals surface area contributed by atoms with Gasteiger partial charge < -0.3 is 5.32 Å². The fourth-order valence-electron chi connectivity index (χ4n) is 1.99. The van der Waals surface area contributed by atoms with Crippen molar-refractivity contribution in [3.63, 3.8) is 0 Å². The number of nitrogens with one attached hydrogen (secondary N) is 1. The quantitative estimate of drug-likeness (QED) is 0.774. The van der Waals surface area contributed by atoms with E-state index in [1.807, 2.05) is 12.1 Å². The van der Waals surface area contributed by atoms with Crippen LogP contribution in [0.2, 0.25) is 0 Å². The summed E-state index contributed by atoms with van der Waals surface area (Å²) in [5.74, 6) is 0.488. The van der Waals surface area contributed by atoms with Crippen LogP contribution in [0.15, 0.2) is 48.5 Å². The summed E-state index contributed by atoms with van der Waals surface area (Å²) in [6.45, 7) is 4.94. The average Bonchev–Trinajstić information content (AvgIpc) is 2.46. The lowest BCUT2D eigenvalue weighted by molar-refractivity contribution is 0.151. The number of alkyl halides is 2. The molecule has 0 unspecified atom stereocenters. The summed E-state index contributed by atoms with van der Waals surface area (Å²) in [7, 11) is 0. The predicted molar refractivity (Wildman–Crippen MR) is 79.3 cm³/mol. The molecular weight excluding hydrogens is 256 g/mol. The van der Waals surface area contributed by atoms with Crippen LogP contribution in [-0.4, -0.2) is 0 Å². The molecule has 1 nitrogen and oxygen atoms in total. The minimum absolute atomic E-state index is 0.0653. The minimum Gasteiger partial charge on any atom is -0.381 e. The third kappa shape index (κ3) is 3.80. The first-order valence-electron chi connectivity index (χ1n) is 6.77. The number of hydrogen-bond acceptors (Lipinski definition) is 1. The molecule has 0 heterocycles. The lowest BCUT2D eigenvalue weighted by atomic mass is 10.0. The molecule has 2 aromatic rings. The summed E-state index contributed by atoms with van der Waals surface area (Å²) in [5, 5.41) is 3.32. The fraction of sp³-hybridized carbons (Fsp3) is 0.294. The Kier molecular flexibility index (Phi) is 4.72. The van der Waals surface area contributed by atoms with Crippen LogP contribution < -0.4 is 5.32 Å². The highest BCUT2D eigenvalue weighted by molar-refractivity contribution is 5.47. The molecule has 0 amide bonds. The highest BCUT2D eigenvalue weighted by atomic mass is 19.3. The molecule has 0 atom stereocenters. The van der Waals surface area contributed by atoms with Crippen LogP contribution in [-0.2, 0) is 6.54 Å². The van der Waals surface area contributed by atoms with Gasteiger partial charge in [0.2, 0.25) is 0 Å². The van der Waals surface area contributed by atoms with Crippen LogP contribution in [0.3, 0.4) is 0 Å². The van der Waals surface area contributed by atoms with Crippen molar-refractivity contribution in [3.8, 4) is 0 Å². The Bertz CT molecular complexity index is 547. The second-order valence-electron chi connectivity index (χ2n) is 5.18. The lowest BCUT2D eigenvalue weighted by Crippen LogP contribution is -2.00. The SMILES string of the molecule is CC(C)c1cccc(NCc2ccc(C(F)F)cc2)c1. The molecule has 2 aromatic carbocycles. The van der Waals surface area contributed by atoms with Gasteiger partial charge in [-0.1, -0.05) is 50.2 Å². The molecule has 0 aliphatic rings. The first-order valence-corrected chi connectivity index (χ1v) is 6.77. The standard InChI is InChI=1S/C17H19F2N/c1-12(2)15-4-3-5-16(10-15)20-11-13-6-8-14(9-7-13)17(18)19/h3-10,12,17,20H,11H2,1-2H3. The average molecular weight is 275 g/mol. The van der Waals surface area contributed by atoms with Gasteiger partial charge in [0.25, 0.3) is 6.43 Å². The highest BCUT2D eigenvalue weighted by Crippen LogP contribution is 2.21. The van der Waals surface area contributed by atoms with Crippen molar-refractivity contribution in [2.45, 2.75) is 32.7 Å².